The molecule has 0 saturated carbocycles. The minimum atomic E-state index is -0.797. The van der Waals surface area contributed by atoms with Crippen LogP contribution in [0.4, 0.5) is 0 Å². The summed E-state index contributed by atoms with van der Waals surface area (Å²) in [6.45, 7) is 1.92. The van der Waals surface area contributed by atoms with Crippen LogP contribution in [0.2, 0.25) is 5.02 Å². The molecule has 1 aliphatic heterocycles. The van der Waals surface area contributed by atoms with Gasteiger partial charge in [-0.05, 0) is 48.9 Å². The maximum Gasteiger partial charge on any atom is 0.338 e. The summed E-state index contributed by atoms with van der Waals surface area (Å²) in [6.07, 6.45) is 1.73. The first-order chi connectivity index (χ1) is 18.9. The molecule has 7 nitrogen and oxygen atoms in total. The van der Waals surface area contributed by atoms with Crippen LogP contribution in [0.3, 0.4) is 0 Å². The Kier molecular flexibility index (Phi) is 7.67. The monoisotopic (exact) mass is 560 g/mol. The van der Waals surface area contributed by atoms with Crippen LogP contribution < -0.4 is 24.4 Å². The largest absolute Gasteiger partial charge is 0.497 e. The highest BCUT2D eigenvalue weighted by Crippen LogP contribution is 2.36. The summed E-state index contributed by atoms with van der Waals surface area (Å²) in [6, 6.07) is 21.1. The van der Waals surface area contributed by atoms with E-state index in [0.29, 0.717) is 42.7 Å². The Morgan fingerprint density at radius 2 is 1.85 bits per heavy atom. The molecule has 9 heteroatoms. The average Bonchev–Trinajstić information content (AvgIpc) is 3.27. The molecule has 39 heavy (non-hydrogen) atoms. The van der Waals surface area contributed by atoms with Gasteiger partial charge >= 0.3 is 5.97 Å². The molecule has 0 amide bonds. The number of methoxy groups -OCH3 is 2. The summed E-state index contributed by atoms with van der Waals surface area (Å²) < 4.78 is 18.4. The van der Waals surface area contributed by atoms with Crippen molar-refractivity contribution in [2.75, 3.05) is 20.8 Å². The van der Waals surface area contributed by atoms with Crippen molar-refractivity contribution in [3.63, 3.8) is 0 Å². The van der Waals surface area contributed by atoms with Crippen molar-refractivity contribution in [3.05, 3.63) is 120 Å². The van der Waals surface area contributed by atoms with Crippen LogP contribution in [0, 0.1) is 0 Å². The molecule has 0 aliphatic carbocycles. The zero-order valence-corrected chi connectivity index (χ0v) is 23.1. The molecule has 5 rings (SSSR count). The predicted molar refractivity (Wildman–Crippen MR) is 152 cm³/mol. The van der Waals surface area contributed by atoms with Gasteiger partial charge in [-0.2, -0.15) is 0 Å². The van der Waals surface area contributed by atoms with Crippen molar-refractivity contribution < 1.29 is 19.0 Å². The average molecular weight is 561 g/mol. The van der Waals surface area contributed by atoms with Gasteiger partial charge in [0.2, 0.25) is 0 Å². The Bertz CT molecular complexity index is 1760. The molecule has 0 radical (unpaired) electrons. The van der Waals surface area contributed by atoms with Gasteiger partial charge in [0.05, 0.1) is 42.7 Å². The van der Waals surface area contributed by atoms with E-state index < -0.39 is 12.0 Å². The third-order valence-electron chi connectivity index (χ3n) is 6.26. The number of nitrogens with zero attached hydrogens (tertiary/aromatic N) is 2. The first kappa shape index (κ1) is 26.5. The number of ether oxygens (including phenoxy) is 3. The zero-order chi connectivity index (χ0) is 27.5. The molecule has 0 N–H and O–H groups in total. The second kappa shape index (κ2) is 11.3. The van der Waals surface area contributed by atoms with Gasteiger partial charge in [0.15, 0.2) is 4.80 Å². The van der Waals surface area contributed by atoms with Gasteiger partial charge < -0.3 is 14.2 Å². The fourth-order valence-corrected chi connectivity index (χ4v) is 5.70. The van der Waals surface area contributed by atoms with E-state index in [2.05, 4.69) is 0 Å². The topological polar surface area (TPSA) is 79.1 Å². The quantitative estimate of drug-likeness (QED) is 0.309. The van der Waals surface area contributed by atoms with Crippen LogP contribution >= 0.6 is 22.9 Å². The van der Waals surface area contributed by atoms with Gasteiger partial charge in [-0.3, -0.25) is 9.36 Å². The van der Waals surface area contributed by atoms with Crippen LogP contribution in [0.1, 0.15) is 29.7 Å². The SMILES string of the molecule is CCOC(=O)C1=C(c2ccccc2)N=c2s/c(=C\c3cc(Cl)ccc3OC)c(=O)n2[C@H]1c1cccc(OC)c1. The Labute approximate surface area is 233 Å². The summed E-state index contributed by atoms with van der Waals surface area (Å²) in [5.41, 5.74) is 2.51. The third-order valence-corrected chi connectivity index (χ3v) is 7.48. The van der Waals surface area contributed by atoms with Gasteiger partial charge in [0.1, 0.15) is 11.5 Å². The standard InChI is InChI=1S/C30H25ClN2O5S/c1-4-38-29(35)25-26(18-9-6-5-7-10-18)32-30-33(27(25)19-11-8-12-22(16-19)36-2)28(34)24(39-30)17-20-15-21(31)13-14-23(20)37-3/h5-17,27H,4H2,1-3H3/b24-17-/t27-/m0/s1. The summed E-state index contributed by atoms with van der Waals surface area (Å²) in [4.78, 5) is 32.9. The predicted octanol–water partition coefficient (Wildman–Crippen LogP) is 4.61. The number of hydrogen-bond acceptors (Lipinski definition) is 7. The molecule has 0 unspecified atom stereocenters. The van der Waals surface area contributed by atoms with Gasteiger partial charge in [-0.25, -0.2) is 9.79 Å². The number of carbonyl (C=O) groups is 1. The van der Waals surface area contributed by atoms with Gasteiger partial charge in [0.25, 0.3) is 5.56 Å². The fraction of sp³-hybridized carbons (Fsp3) is 0.167. The highest BCUT2D eigenvalue weighted by atomic mass is 35.5. The van der Waals surface area contributed by atoms with Crippen LogP contribution in [0.15, 0.2) is 88.2 Å². The van der Waals surface area contributed by atoms with Crippen LogP contribution in [-0.2, 0) is 9.53 Å². The van der Waals surface area contributed by atoms with E-state index in [9.17, 15) is 9.59 Å². The van der Waals surface area contributed by atoms with E-state index >= 15 is 0 Å². The van der Waals surface area contributed by atoms with Crippen LogP contribution in [-0.4, -0.2) is 31.4 Å². The minimum absolute atomic E-state index is 0.175. The first-order valence-corrected chi connectivity index (χ1v) is 13.4. The van der Waals surface area contributed by atoms with Gasteiger partial charge in [-0.15, -0.1) is 0 Å². The number of benzene rings is 3. The van der Waals surface area contributed by atoms with Crippen molar-refractivity contribution in [3.8, 4) is 11.5 Å². The number of rotatable bonds is 7. The van der Waals surface area contributed by atoms with E-state index in [1.54, 1.807) is 50.0 Å². The second-order valence-electron chi connectivity index (χ2n) is 8.59. The molecule has 198 valence electrons. The van der Waals surface area contributed by atoms with Crippen LogP contribution in [0.25, 0.3) is 11.8 Å². The summed E-state index contributed by atoms with van der Waals surface area (Å²) >= 11 is 7.47. The van der Waals surface area contributed by atoms with E-state index in [1.807, 2.05) is 54.6 Å². The Hall–Kier alpha value is -4.14. The summed E-state index contributed by atoms with van der Waals surface area (Å²) in [5, 5.41) is 0.514. The Morgan fingerprint density at radius 3 is 2.56 bits per heavy atom. The van der Waals surface area contributed by atoms with Crippen LogP contribution in [0.5, 0.6) is 11.5 Å². The lowest BCUT2D eigenvalue weighted by Gasteiger charge is -2.26. The van der Waals surface area contributed by atoms with E-state index in [-0.39, 0.29) is 17.7 Å². The molecule has 1 aliphatic rings. The lowest BCUT2D eigenvalue weighted by molar-refractivity contribution is -0.138. The molecule has 0 fully saturated rings. The van der Waals surface area contributed by atoms with Crippen molar-refractivity contribution in [2.45, 2.75) is 13.0 Å². The first-order valence-electron chi connectivity index (χ1n) is 12.2. The molecular formula is C30H25ClN2O5S. The number of thiazole rings is 1. The fourth-order valence-electron chi connectivity index (χ4n) is 4.53. The van der Waals surface area contributed by atoms with Crippen molar-refractivity contribution in [1.29, 1.82) is 0 Å². The lowest BCUT2D eigenvalue weighted by Crippen LogP contribution is -2.40. The van der Waals surface area contributed by atoms with Gasteiger partial charge in [-0.1, -0.05) is 65.4 Å². The van der Waals surface area contributed by atoms with Crippen molar-refractivity contribution >= 4 is 40.7 Å². The van der Waals surface area contributed by atoms with E-state index in [1.165, 1.54) is 11.3 Å². The number of carbonyl (C=O) groups excluding carboxylic acids is 1. The molecule has 0 saturated heterocycles. The van der Waals surface area contributed by atoms with E-state index in [4.69, 9.17) is 30.8 Å². The number of aromatic nitrogens is 1. The third kappa shape index (κ3) is 5.13. The maximum absolute atomic E-state index is 14.0. The molecule has 3 aromatic carbocycles. The van der Waals surface area contributed by atoms with Crippen molar-refractivity contribution in [2.24, 2.45) is 4.99 Å². The lowest BCUT2D eigenvalue weighted by atomic mass is 9.93. The Balaban J connectivity index is 1.85. The smallest absolute Gasteiger partial charge is 0.338 e. The molecule has 1 aromatic heterocycles. The number of hydrogen-bond donors (Lipinski definition) is 0. The zero-order valence-electron chi connectivity index (χ0n) is 21.5. The summed E-state index contributed by atoms with van der Waals surface area (Å²) in [5.74, 6) is 0.630. The summed E-state index contributed by atoms with van der Waals surface area (Å²) in [7, 11) is 3.13. The molecular weight excluding hydrogens is 536 g/mol. The molecule has 0 bridgehead atoms. The second-order valence-corrected chi connectivity index (χ2v) is 10.0. The molecule has 2 heterocycles. The molecule has 4 aromatic rings. The van der Waals surface area contributed by atoms with Crippen molar-refractivity contribution in [1.82, 2.24) is 4.57 Å². The molecule has 1 atom stereocenters. The Morgan fingerprint density at radius 1 is 1.05 bits per heavy atom. The van der Waals surface area contributed by atoms with E-state index in [0.717, 1.165) is 5.56 Å². The maximum atomic E-state index is 14.0. The molecule has 0 spiro atoms. The highest BCUT2D eigenvalue weighted by Gasteiger charge is 2.35. The highest BCUT2D eigenvalue weighted by molar-refractivity contribution is 7.07. The number of fused-ring (bicyclic) bond motifs is 1. The number of halogens is 1. The number of esters is 1. The minimum Gasteiger partial charge on any atom is -0.497 e. The van der Waals surface area contributed by atoms with Gasteiger partial charge in [0, 0.05) is 16.1 Å². The normalized spacial score (nSPS) is 15.0.